The molecule has 0 aromatic heterocycles. The molecule has 0 aliphatic heterocycles. The zero-order chi connectivity index (χ0) is 14.4. The summed E-state index contributed by atoms with van der Waals surface area (Å²) < 4.78 is 1.16. The van der Waals surface area contributed by atoms with Crippen molar-refractivity contribution in [1.29, 1.82) is 0 Å². The van der Waals surface area contributed by atoms with Crippen molar-refractivity contribution in [1.82, 2.24) is 0 Å². The fourth-order valence-electron chi connectivity index (χ4n) is 2.57. The fraction of sp³-hybridized carbons (Fsp3) is 0.368. The van der Waals surface area contributed by atoms with Gasteiger partial charge in [0.05, 0.1) is 0 Å². The summed E-state index contributed by atoms with van der Waals surface area (Å²) in [5.41, 5.74) is 5.54. The Kier molecular flexibility index (Phi) is 5.85. The first kappa shape index (κ1) is 15.3. The summed E-state index contributed by atoms with van der Waals surface area (Å²) in [6.07, 6.45) is 6.18. The number of halogens is 1. The van der Waals surface area contributed by atoms with Crippen LogP contribution in [0.5, 0.6) is 0 Å². The predicted octanol–water partition coefficient (Wildman–Crippen LogP) is 6.41. The van der Waals surface area contributed by atoms with Crippen LogP contribution < -0.4 is 0 Å². The minimum atomic E-state index is 1.06. The molecular formula is C19H23Br. The largest absolute Gasteiger partial charge is 0.0654 e. The molecule has 0 unspecified atom stereocenters. The SMILES string of the molecule is CCCCCc1ccc(-c2ccc(Br)cc2CC)cc1. The molecule has 0 fully saturated rings. The summed E-state index contributed by atoms with van der Waals surface area (Å²) in [6, 6.07) is 15.7. The van der Waals surface area contributed by atoms with Crippen molar-refractivity contribution >= 4 is 15.9 Å². The highest BCUT2D eigenvalue weighted by Crippen LogP contribution is 2.27. The third kappa shape index (κ3) is 3.96. The number of hydrogen-bond acceptors (Lipinski definition) is 0. The second kappa shape index (κ2) is 7.64. The van der Waals surface area contributed by atoms with Crippen molar-refractivity contribution < 1.29 is 0 Å². The molecule has 0 aliphatic carbocycles. The Labute approximate surface area is 131 Å². The van der Waals surface area contributed by atoms with E-state index < -0.39 is 0 Å². The van der Waals surface area contributed by atoms with E-state index in [1.807, 2.05) is 0 Å². The van der Waals surface area contributed by atoms with E-state index in [0.717, 1.165) is 10.9 Å². The molecule has 0 bridgehead atoms. The van der Waals surface area contributed by atoms with Gasteiger partial charge in [-0.15, -0.1) is 0 Å². The van der Waals surface area contributed by atoms with Gasteiger partial charge in [-0.1, -0.05) is 73.0 Å². The Morgan fingerprint density at radius 3 is 2.30 bits per heavy atom. The second-order valence-corrected chi connectivity index (χ2v) is 6.22. The first-order chi connectivity index (χ1) is 9.74. The van der Waals surface area contributed by atoms with Crippen LogP contribution in [0.15, 0.2) is 46.9 Å². The Morgan fingerprint density at radius 1 is 0.900 bits per heavy atom. The molecule has 0 spiro atoms. The van der Waals surface area contributed by atoms with Crippen LogP contribution in [-0.2, 0) is 12.8 Å². The Bertz CT molecular complexity index is 540. The first-order valence-corrected chi connectivity index (χ1v) is 8.41. The molecule has 2 aromatic rings. The van der Waals surface area contributed by atoms with Gasteiger partial charge in [0.25, 0.3) is 0 Å². The lowest BCUT2D eigenvalue weighted by Gasteiger charge is -2.10. The highest BCUT2D eigenvalue weighted by Gasteiger charge is 2.04. The van der Waals surface area contributed by atoms with Crippen LogP contribution in [0.2, 0.25) is 0 Å². The normalized spacial score (nSPS) is 10.8. The van der Waals surface area contributed by atoms with Crippen molar-refractivity contribution in [3.63, 3.8) is 0 Å². The second-order valence-electron chi connectivity index (χ2n) is 5.31. The zero-order valence-corrected chi connectivity index (χ0v) is 14.0. The topological polar surface area (TPSA) is 0 Å². The van der Waals surface area contributed by atoms with Gasteiger partial charge in [0.1, 0.15) is 0 Å². The highest BCUT2D eigenvalue weighted by molar-refractivity contribution is 9.10. The van der Waals surface area contributed by atoms with Crippen LogP contribution in [0.1, 0.15) is 44.2 Å². The molecule has 0 nitrogen and oxygen atoms in total. The summed E-state index contributed by atoms with van der Waals surface area (Å²) in [6.45, 7) is 4.47. The van der Waals surface area contributed by atoms with Crippen LogP contribution in [0.4, 0.5) is 0 Å². The van der Waals surface area contributed by atoms with Crippen LogP contribution in [0.25, 0.3) is 11.1 Å². The van der Waals surface area contributed by atoms with Gasteiger partial charge < -0.3 is 0 Å². The van der Waals surface area contributed by atoms with Gasteiger partial charge in [0, 0.05) is 4.47 Å². The lowest BCUT2D eigenvalue weighted by molar-refractivity contribution is 0.717. The van der Waals surface area contributed by atoms with Gasteiger partial charge in [-0.05, 0) is 53.6 Å². The molecule has 0 amide bonds. The summed E-state index contributed by atoms with van der Waals surface area (Å²) in [4.78, 5) is 0. The van der Waals surface area contributed by atoms with E-state index in [2.05, 4.69) is 72.2 Å². The molecule has 0 aliphatic rings. The maximum atomic E-state index is 3.56. The zero-order valence-electron chi connectivity index (χ0n) is 12.5. The predicted molar refractivity (Wildman–Crippen MR) is 92.2 cm³/mol. The molecule has 0 saturated carbocycles. The maximum absolute atomic E-state index is 3.56. The van der Waals surface area contributed by atoms with Crippen molar-refractivity contribution in [2.24, 2.45) is 0 Å². The Hall–Kier alpha value is -1.08. The van der Waals surface area contributed by atoms with Gasteiger partial charge >= 0.3 is 0 Å². The highest BCUT2D eigenvalue weighted by atomic mass is 79.9. The van der Waals surface area contributed by atoms with E-state index in [0.29, 0.717) is 0 Å². The number of unbranched alkanes of at least 4 members (excludes halogenated alkanes) is 2. The van der Waals surface area contributed by atoms with Gasteiger partial charge in [0.15, 0.2) is 0 Å². The molecule has 2 aromatic carbocycles. The van der Waals surface area contributed by atoms with Crippen LogP contribution in [-0.4, -0.2) is 0 Å². The van der Waals surface area contributed by atoms with E-state index in [1.54, 1.807) is 0 Å². The molecule has 2 rings (SSSR count). The van der Waals surface area contributed by atoms with Crippen molar-refractivity contribution in [2.45, 2.75) is 46.0 Å². The standard InChI is InChI=1S/C19H23Br/c1-3-5-6-7-15-8-10-17(11-9-15)19-13-12-18(20)14-16(19)4-2/h8-14H,3-7H2,1-2H3. The summed E-state index contributed by atoms with van der Waals surface area (Å²) >= 11 is 3.56. The molecule has 0 atom stereocenters. The molecular weight excluding hydrogens is 308 g/mol. The molecule has 20 heavy (non-hydrogen) atoms. The third-order valence-electron chi connectivity index (χ3n) is 3.78. The quantitative estimate of drug-likeness (QED) is 0.536. The average molecular weight is 331 g/mol. The van der Waals surface area contributed by atoms with Gasteiger partial charge in [-0.3, -0.25) is 0 Å². The summed E-state index contributed by atoms with van der Waals surface area (Å²) in [5, 5.41) is 0. The van der Waals surface area contributed by atoms with E-state index in [1.165, 1.54) is 47.9 Å². The van der Waals surface area contributed by atoms with E-state index in [4.69, 9.17) is 0 Å². The smallest absolute Gasteiger partial charge is 0.0178 e. The summed E-state index contributed by atoms with van der Waals surface area (Å²) in [7, 11) is 0. The molecule has 1 heteroatoms. The molecule has 0 heterocycles. The Morgan fingerprint density at radius 2 is 1.65 bits per heavy atom. The average Bonchev–Trinajstić information content (AvgIpc) is 2.48. The monoisotopic (exact) mass is 330 g/mol. The van der Waals surface area contributed by atoms with Gasteiger partial charge in [-0.2, -0.15) is 0 Å². The lowest BCUT2D eigenvalue weighted by Crippen LogP contribution is -1.89. The van der Waals surface area contributed by atoms with Crippen LogP contribution in [0, 0.1) is 0 Å². The maximum Gasteiger partial charge on any atom is 0.0178 e. The van der Waals surface area contributed by atoms with Crippen molar-refractivity contribution in [3.05, 3.63) is 58.1 Å². The minimum Gasteiger partial charge on any atom is -0.0654 e. The van der Waals surface area contributed by atoms with Gasteiger partial charge in [0.2, 0.25) is 0 Å². The summed E-state index contributed by atoms with van der Waals surface area (Å²) in [5.74, 6) is 0. The molecule has 0 radical (unpaired) electrons. The van der Waals surface area contributed by atoms with Crippen LogP contribution in [0.3, 0.4) is 0 Å². The van der Waals surface area contributed by atoms with Gasteiger partial charge in [-0.25, -0.2) is 0 Å². The number of rotatable bonds is 6. The molecule has 0 N–H and O–H groups in total. The van der Waals surface area contributed by atoms with Crippen LogP contribution >= 0.6 is 15.9 Å². The van der Waals surface area contributed by atoms with E-state index in [-0.39, 0.29) is 0 Å². The minimum absolute atomic E-state index is 1.06. The first-order valence-electron chi connectivity index (χ1n) is 7.62. The molecule has 106 valence electrons. The molecule has 0 saturated heterocycles. The number of hydrogen-bond donors (Lipinski definition) is 0. The fourth-order valence-corrected chi connectivity index (χ4v) is 2.98. The van der Waals surface area contributed by atoms with E-state index >= 15 is 0 Å². The third-order valence-corrected chi connectivity index (χ3v) is 4.28. The van der Waals surface area contributed by atoms with E-state index in [9.17, 15) is 0 Å². The van der Waals surface area contributed by atoms with Crippen molar-refractivity contribution in [3.8, 4) is 11.1 Å². The van der Waals surface area contributed by atoms with Crippen molar-refractivity contribution in [2.75, 3.05) is 0 Å². The lowest BCUT2D eigenvalue weighted by atomic mass is 9.96. The Balaban J connectivity index is 2.17. The number of aryl methyl sites for hydroxylation is 2. The number of benzene rings is 2.